The highest BCUT2D eigenvalue weighted by Gasteiger charge is 2.34. The quantitative estimate of drug-likeness (QED) is 0.485. The highest BCUT2D eigenvalue weighted by molar-refractivity contribution is 6.29. The summed E-state index contributed by atoms with van der Waals surface area (Å²) >= 11 is 5.85. The van der Waals surface area contributed by atoms with Crippen molar-refractivity contribution >= 4 is 23.1 Å². The zero-order valence-electron chi connectivity index (χ0n) is 10.9. The van der Waals surface area contributed by atoms with E-state index in [4.69, 9.17) is 16.3 Å². The Balaban J connectivity index is 2.35. The van der Waals surface area contributed by atoms with E-state index in [1.165, 1.54) is 12.1 Å². The molecule has 1 aliphatic rings. The number of piperidine rings is 1. The van der Waals surface area contributed by atoms with Gasteiger partial charge >= 0.3 is 5.69 Å². The first kappa shape index (κ1) is 14.0. The van der Waals surface area contributed by atoms with Crippen molar-refractivity contribution in [3.63, 3.8) is 0 Å². The summed E-state index contributed by atoms with van der Waals surface area (Å²) in [5.41, 5.74) is -0.333. The molecule has 0 N–H and O–H groups in total. The van der Waals surface area contributed by atoms with Crippen molar-refractivity contribution in [2.24, 2.45) is 0 Å². The van der Waals surface area contributed by atoms with Crippen LogP contribution in [0.2, 0.25) is 5.15 Å². The number of halogens is 1. The van der Waals surface area contributed by atoms with Crippen molar-refractivity contribution in [2.75, 3.05) is 25.1 Å². The largest absolute Gasteiger partial charge is 0.377 e. The van der Waals surface area contributed by atoms with Crippen LogP contribution in [0.3, 0.4) is 0 Å². The minimum Gasteiger partial charge on any atom is -0.377 e. The minimum atomic E-state index is -0.433. The molecule has 7 heteroatoms. The van der Waals surface area contributed by atoms with Crippen molar-refractivity contribution in [3.05, 3.63) is 27.4 Å². The average Bonchev–Trinajstić information content (AvgIpc) is 2.38. The molecule has 1 aromatic heterocycles. The topological polar surface area (TPSA) is 68.5 Å². The molecule has 1 saturated heterocycles. The minimum absolute atomic E-state index is 0.0234. The van der Waals surface area contributed by atoms with Gasteiger partial charge in [0.05, 0.1) is 10.5 Å². The number of rotatable bonds is 3. The monoisotopic (exact) mass is 285 g/mol. The molecular formula is C12H16ClN3O3. The van der Waals surface area contributed by atoms with Gasteiger partial charge in [0.15, 0.2) is 0 Å². The fraction of sp³-hybridized carbons (Fsp3) is 0.583. The fourth-order valence-corrected chi connectivity index (χ4v) is 2.49. The molecule has 1 unspecified atom stereocenters. The van der Waals surface area contributed by atoms with Crippen LogP contribution in [0, 0.1) is 10.1 Å². The number of ether oxygens (including phenoxy) is 1. The van der Waals surface area contributed by atoms with Crippen LogP contribution < -0.4 is 4.90 Å². The van der Waals surface area contributed by atoms with Gasteiger partial charge < -0.3 is 9.64 Å². The van der Waals surface area contributed by atoms with Gasteiger partial charge in [0, 0.05) is 26.3 Å². The Morgan fingerprint density at radius 1 is 1.58 bits per heavy atom. The average molecular weight is 286 g/mol. The molecular weight excluding hydrogens is 270 g/mol. The molecule has 0 aromatic carbocycles. The lowest BCUT2D eigenvalue weighted by molar-refractivity contribution is -0.384. The van der Waals surface area contributed by atoms with Gasteiger partial charge in [-0.2, -0.15) is 0 Å². The molecule has 0 spiro atoms. The van der Waals surface area contributed by atoms with Gasteiger partial charge in [-0.25, -0.2) is 4.98 Å². The van der Waals surface area contributed by atoms with Crippen molar-refractivity contribution in [1.82, 2.24) is 4.98 Å². The number of aromatic nitrogens is 1. The number of methoxy groups -OCH3 is 1. The lowest BCUT2D eigenvalue weighted by atomic mass is 9.94. The molecule has 19 heavy (non-hydrogen) atoms. The Morgan fingerprint density at radius 3 is 2.95 bits per heavy atom. The molecule has 0 amide bonds. The summed E-state index contributed by atoms with van der Waals surface area (Å²) in [6.45, 7) is 3.28. The second kappa shape index (κ2) is 5.30. The fourth-order valence-electron chi connectivity index (χ4n) is 2.35. The SMILES string of the molecule is COC1(C)CCCN(c2nc(Cl)ccc2[N+](=O)[O-])C1. The Kier molecular flexibility index (Phi) is 3.91. The number of anilines is 1. The van der Waals surface area contributed by atoms with Crippen molar-refractivity contribution < 1.29 is 9.66 Å². The van der Waals surface area contributed by atoms with Gasteiger partial charge in [0.1, 0.15) is 5.15 Å². The van der Waals surface area contributed by atoms with Crippen molar-refractivity contribution in [1.29, 1.82) is 0 Å². The summed E-state index contributed by atoms with van der Waals surface area (Å²) in [6.07, 6.45) is 1.82. The zero-order chi connectivity index (χ0) is 14.0. The number of pyridine rings is 1. The number of hydrogen-bond donors (Lipinski definition) is 0. The van der Waals surface area contributed by atoms with Crippen LogP contribution in [0.4, 0.5) is 11.5 Å². The number of nitro groups is 1. The first-order valence-corrected chi connectivity index (χ1v) is 6.44. The van der Waals surface area contributed by atoms with Gasteiger partial charge in [-0.05, 0) is 25.8 Å². The standard InChI is InChI=1S/C12H16ClN3O3/c1-12(19-2)6-3-7-15(8-12)11-9(16(17)18)4-5-10(13)14-11/h4-5H,3,6-8H2,1-2H3. The highest BCUT2D eigenvalue weighted by Crippen LogP contribution is 2.33. The summed E-state index contributed by atoms with van der Waals surface area (Å²) in [5.74, 6) is 0.320. The summed E-state index contributed by atoms with van der Waals surface area (Å²) in [4.78, 5) is 16.6. The maximum Gasteiger partial charge on any atom is 0.311 e. The maximum atomic E-state index is 11.1. The molecule has 1 aliphatic heterocycles. The molecule has 2 rings (SSSR count). The van der Waals surface area contributed by atoms with Gasteiger partial charge in [-0.1, -0.05) is 11.6 Å². The van der Waals surface area contributed by atoms with Crippen LogP contribution in [0.5, 0.6) is 0 Å². The molecule has 1 aromatic rings. The Morgan fingerprint density at radius 2 is 2.32 bits per heavy atom. The van der Waals surface area contributed by atoms with Crippen LogP contribution >= 0.6 is 11.6 Å². The van der Waals surface area contributed by atoms with E-state index in [1.807, 2.05) is 11.8 Å². The van der Waals surface area contributed by atoms with Gasteiger partial charge in [-0.15, -0.1) is 0 Å². The number of hydrogen-bond acceptors (Lipinski definition) is 5. The summed E-state index contributed by atoms with van der Waals surface area (Å²) < 4.78 is 5.49. The molecule has 1 atom stereocenters. The third-order valence-corrected chi connectivity index (χ3v) is 3.68. The molecule has 0 bridgehead atoms. The molecule has 2 heterocycles. The first-order chi connectivity index (χ1) is 8.95. The molecule has 6 nitrogen and oxygen atoms in total. The van der Waals surface area contributed by atoms with Crippen molar-refractivity contribution in [2.45, 2.75) is 25.4 Å². The molecule has 0 saturated carbocycles. The van der Waals surface area contributed by atoms with Crippen molar-refractivity contribution in [3.8, 4) is 0 Å². The Bertz CT molecular complexity index is 497. The summed E-state index contributed by atoms with van der Waals surface area (Å²) in [6, 6.07) is 2.83. The van der Waals surface area contributed by atoms with E-state index in [2.05, 4.69) is 4.98 Å². The van der Waals surface area contributed by atoms with Crippen LogP contribution in [0.25, 0.3) is 0 Å². The summed E-state index contributed by atoms with van der Waals surface area (Å²) in [7, 11) is 1.66. The summed E-state index contributed by atoms with van der Waals surface area (Å²) in [5, 5.41) is 11.3. The van der Waals surface area contributed by atoms with Gasteiger partial charge in [0.2, 0.25) is 5.82 Å². The van der Waals surface area contributed by atoms with Crippen LogP contribution in [0.1, 0.15) is 19.8 Å². The van der Waals surface area contributed by atoms with E-state index in [1.54, 1.807) is 7.11 Å². The van der Waals surface area contributed by atoms with Gasteiger partial charge in [0.25, 0.3) is 0 Å². The lowest BCUT2D eigenvalue weighted by Gasteiger charge is -2.39. The van der Waals surface area contributed by atoms with E-state index in [0.717, 1.165) is 12.8 Å². The third-order valence-electron chi connectivity index (χ3n) is 3.47. The van der Waals surface area contributed by atoms with Crippen LogP contribution in [-0.4, -0.2) is 35.7 Å². The normalized spacial score (nSPS) is 23.4. The maximum absolute atomic E-state index is 11.1. The van der Waals surface area contributed by atoms with Crippen LogP contribution in [-0.2, 0) is 4.74 Å². The smallest absolute Gasteiger partial charge is 0.311 e. The van der Waals surface area contributed by atoms with E-state index in [0.29, 0.717) is 18.9 Å². The second-order valence-electron chi connectivity index (χ2n) is 4.91. The molecule has 0 radical (unpaired) electrons. The predicted octanol–water partition coefficient (Wildman–Crippen LogP) is 2.65. The van der Waals surface area contributed by atoms with E-state index in [-0.39, 0.29) is 16.4 Å². The Labute approximate surface area is 116 Å². The van der Waals surface area contributed by atoms with E-state index in [9.17, 15) is 10.1 Å². The predicted molar refractivity (Wildman–Crippen MR) is 72.8 cm³/mol. The van der Waals surface area contributed by atoms with E-state index >= 15 is 0 Å². The molecule has 104 valence electrons. The molecule has 0 aliphatic carbocycles. The highest BCUT2D eigenvalue weighted by atomic mass is 35.5. The zero-order valence-corrected chi connectivity index (χ0v) is 11.7. The van der Waals surface area contributed by atoms with E-state index < -0.39 is 4.92 Å². The van der Waals surface area contributed by atoms with Crippen LogP contribution in [0.15, 0.2) is 12.1 Å². The molecule has 1 fully saturated rings. The van der Waals surface area contributed by atoms with Gasteiger partial charge in [-0.3, -0.25) is 10.1 Å². The lowest BCUT2D eigenvalue weighted by Crippen LogP contribution is -2.47. The first-order valence-electron chi connectivity index (χ1n) is 6.06. The third kappa shape index (κ3) is 2.96. The number of nitrogens with zero attached hydrogens (tertiary/aromatic N) is 3. The second-order valence-corrected chi connectivity index (χ2v) is 5.30. The Hall–Kier alpha value is -1.40.